The molecule has 104 valence electrons. The second kappa shape index (κ2) is 5.18. The summed E-state index contributed by atoms with van der Waals surface area (Å²) in [6.07, 6.45) is -0.393. The van der Waals surface area contributed by atoms with Gasteiger partial charge < -0.3 is 10.1 Å². The molecule has 1 aliphatic heterocycles. The van der Waals surface area contributed by atoms with E-state index in [1.165, 1.54) is 7.11 Å². The second-order valence-electron chi connectivity index (χ2n) is 4.48. The third-order valence-electron chi connectivity index (χ3n) is 2.92. The largest absolute Gasteiger partial charge is 0.381 e. The van der Waals surface area contributed by atoms with Gasteiger partial charge in [0.25, 0.3) is 5.91 Å². The number of amides is 1. The molecule has 1 aromatic rings. The first-order chi connectivity index (χ1) is 8.91. The Kier molecular flexibility index (Phi) is 3.77. The Balaban J connectivity index is 2.16. The molecule has 2 N–H and O–H groups in total. The molecule has 1 aliphatic rings. The van der Waals surface area contributed by atoms with Crippen molar-refractivity contribution in [1.82, 2.24) is 5.32 Å². The van der Waals surface area contributed by atoms with Crippen molar-refractivity contribution in [2.24, 2.45) is 0 Å². The lowest BCUT2D eigenvalue weighted by Crippen LogP contribution is -2.25. The minimum atomic E-state index is -3.49. The van der Waals surface area contributed by atoms with Gasteiger partial charge in [-0.2, -0.15) is 0 Å². The number of nitrogens with one attached hydrogen (secondary N) is 2. The molecule has 0 aromatic heterocycles. The number of benzene rings is 1. The van der Waals surface area contributed by atoms with Crippen LogP contribution in [0.15, 0.2) is 18.2 Å². The molecular weight excluding hydrogens is 268 g/mol. The second-order valence-corrected chi connectivity index (χ2v) is 6.25. The minimum Gasteiger partial charge on any atom is -0.381 e. The van der Waals surface area contributed by atoms with Gasteiger partial charge in [0.15, 0.2) is 0 Å². The molecule has 19 heavy (non-hydrogen) atoms. The summed E-state index contributed by atoms with van der Waals surface area (Å²) in [5.74, 6) is -0.312. The quantitative estimate of drug-likeness (QED) is 0.834. The normalized spacial score (nSPS) is 15.8. The first-order valence-corrected chi connectivity index (χ1v) is 7.51. The Morgan fingerprint density at radius 2 is 2.21 bits per heavy atom. The number of hydrogen-bond acceptors (Lipinski definition) is 4. The maximum Gasteiger partial charge on any atom is 0.251 e. The summed E-state index contributed by atoms with van der Waals surface area (Å²) in [4.78, 5) is 11.5. The summed E-state index contributed by atoms with van der Waals surface area (Å²) >= 11 is 0. The van der Waals surface area contributed by atoms with Crippen molar-refractivity contribution in [3.8, 4) is 0 Å². The molecule has 0 bridgehead atoms. The first kappa shape index (κ1) is 13.8. The van der Waals surface area contributed by atoms with E-state index in [0.717, 1.165) is 5.56 Å². The number of anilines is 1. The maximum absolute atomic E-state index is 11.9. The lowest BCUT2D eigenvalue weighted by Gasteiger charge is -2.12. The zero-order valence-corrected chi connectivity index (χ0v) is 11.6. The van der Waals surface area contributed by atoms with Gasteiger partial charge in [-0.1, -0.05) is 6.07 Å². The standard InChI is InChI=1S/C12H16N2O4S/c1-8(18-2)7-19(16,17)14-10-4-3-9-6-13-12(15)11(9)5-10/h3-5,8,14H,6-7H2,1-2H3,(H,13,15)/t8-/m1/s1. The zero-order valence-electron chi connectivity index (χ0n) is 10.8. The number of rotatable bonds is 5. The van der Waals surface area contributed by atoms with Crippen LogP contribution in [-0.4, -0.2) is 33.3 Å². The van der Waals surface area contributed by atoms with Crippen molar-refractivity contribution in [2.75, 3.05) is 17.6 Å². The van der Waals surface area contributed by atoms with Crippen LogP contribution in [0, 0.1) is 0 Å². The Labute approximate surface area is 112 Å². The average Bonchev–Trinajstić information content (AvgIpc) is 2.70. The summed E-state index contributed by atoms with van der Waals surface area (Å²) in [6.45, 7) is 2.16. The predicted octanol–water partition coefficient (Wildman–Crippen LogP) is 0.707. The van der Waals surface area contributed by atoms with E-state index in [4.69, 9.17) is 4.74 Å². The first-order valence-electron chi connectivity index (χ1n) is 5.85. The molecule has 6 nitrogen and oxygen atoms in total. The molecule has 1 heterocycles. The van der Waals surface area contributed by atoms with Crippen molar-refractivity contribution in [2.45, 2.75) is 19.6 Å². The van der Waals surface area contributed by atoms with Crippen LogP contribution >= 0.6 is 0 Å². The van der Waals surface area contributed by atoms with Crippen LogP contribution in [0.25, 0.3) is 0 Å². The fourth-order valence-electron chi connectivity index (χ4n) is 1.87. The van der Waals surface area contributed by atoms with E-state index in [0.29, 0.717) is 17.8 Å². The molecule has 1 atom stereocenters. The lowest BCUT2D eigenvalue weighted by molar-refractivity contribution is 0.0965. The molecule has 0 fully saturated rings. The summed E-state index contributed by atoms with van der Waals surface area (Å²) in [6, 6.07) is 4.94. The van der Waals surface area contributed by atoms with Gasteiger partial charge in [-0.15, -0.1) is 0 Å². The van der Waals surface area contributed by atoms with Crippen molar-refractivity contribution in [3.63, 3.8) is 0 Å². The molecule has 1 aromatic carbocycles. The van der Waals surface area contributed by atoms with Crippen LogP contribution in [0.4, 0.5) is 5.69 Å². The molecule has 0 saturated heterocycles. The molecule has 1 amide bonds. The summed E-state index contributed by atoms with van der Waals surface area (Å²) < 4.78 is 31.1. The summed E-state index contributed by atoms with van der Waals surface area (Å²) in [5, 5.41) is 2.68. The summed E-state index contributed by atoms with van der Waals surface area (Å²) in [7, 11) is -2.03. The maximum atomic E-state index is 11.9. The number of ether oxygens (including phenoxy) is 1. The number of carbonyl (C=O) groups is 1. The number of fused-ring (bicyclic) bond motifs is 1. The lowest BCUT2D eigenvalue weighted by atomic mass is 10.1. The predicted molar refractivity (Wildman–Crippen MR) is 71.5 cm³/mol. The SMILES string of the molecule is CO[C@H](C)CS(=O)(=O)Nc1ccc2c(c1)C(=O)NC2. The van der Waals surface area contributed by atoms with Gasteiger partial charge in [0, 0.05) is 24.9 Å². The Morgan fingerprint density at radius 3 is 2.89 bits per heavy atom. The van der Waals surface area contributed by atoms with E-state index in [9.17, 15) is 13.2 Å². The Hall–Kier alpha value is -1.60. The highest BCUT2D eigenvalue weighted by Gasteiger charge is 2.20. The number of sulfonamides is 1. The molecule has 0 unspecified atom stereocenters. The van der Waals surface area contributed by atoms with E-state index >= 15 is 0 Å². The molecule has 7 heteroatoms. The zero-order chi connectivity index (χ0) is 14.0. The van der Waals surface area contributed by atoms with Gasteiger partial charge in [-0.3, -0.25) is 9.52 Å². The van der Waals surface area contributed by atoms with E-state index in [1.54, 1.807) is 25.1 Å². The van der Waals surface area contributed by atoms with Gasteiger partial charge in [0.1, 0.15) is 0 Å². The van der Waals surface area contributed by atoms with Crippen molar-refractivity contribution < 1.29 is 17.9 Å². The van der Waals surface area contributed by atoms with Gasteiger partial charge in [0.05, 0.1) is 11.9 Å². The van der Waals surface area contributed by atoms with Crippen LogP contribution in [0.1, 0.15) is 22.8 Å². The van der Waals surface area contributed by atoms with Crippen molar-refractivity contribution in [1.29, 1.82) is 0 Å². The highest BCUT2D eigenvalue weighted by Crippen LogP contribution is 2.21. The Bertz CT molecular complexity index is 598. The van der Waals surface area contributed by atoms with Crippen molar-refractivity contribution >= 4 is 21.6 Å². The molecule has 0 radical (unpaired) electrons. The number of carbonyl (C=O) groups excluding carboxylic acids is 1. The van der Waals surface area contributed by atoms with E-state index in [1.807, 2.05) is 0 Å². The minimum absolute atomic E-state index is 0.132. The molecular formula is C12H16N2O4S. The third-order valence-corrected chi connectivity index (χ3v) is 4.38. The topological polar surface area (TPSA) is 84.5 Å². The fraction of sp³-hybridized carbons (Fsp3) is 0.417. The van der Waals surface area contributed by atoms with E-state index in [2.05, 4.69) is 10.0 Å². The van der Waals surface area contributed by atoms with E-state index < -0.39 is 16.1 Å². The van der Waals surface area contributed by atoms with Gasteiger partial charge in [-0.25, -0.2) is 8.42 Å². The third kappa shape index (κ3) is 3.24. The fourth-order valence-corrected chi connectivity index (χ4v) is 3.20. The van der Waals surface area contributed by atoms with Crippen LogP contribution in [-0.2, 0) is 21.3 Å². The highest BCUT2D eigenvalue weighted by atomic mass is 32.2. The average molecular weight is 284 g/mol. The number of methoxy groups -OCH3 is 1. The van der Waals surface area contributed by atoms with Crippen molar-refractivity contribution in [3.05, 3.63) is 29.3 Å². The smallest absolute Gasteiger partial charge is 0.251 e. The number of hydrogen-bond donors (Lipinski definition) is 2. The van der Waals surface area contributed by atoms with Gasteiger partial charge in [0.2, 0.25) is 10.0 Å². The highest BCUT2D eigenvalue weighted by molar-refractivity contribution is 7.92. The molecule has 0 spiro atoms. The van der Waals surface area contributed by atoms with Crippen LogP contribution < -0.4 is 10.0 Å². The molecule has 2 rings (SSSR count). The Morgan fingerprint density at radius 1 is 1.47 bits per heavy atom. The molecule has 0 saturated carbocycles. The van der Waals surface area contributed by atoms with Crippen LogP contribution in [0.5, 0.6) is 0 Å². The van der Waals surface area contributed by atoms with Gasteiger partial charge in [-0.05, 0) is 24.6 Å². The van der Waals surface area contributed by atoms with Gasteiger partial charge >= 0.3 is 0 Å². The summed E-state index contributed by atoms with van der Waals surface area (Å²) in [5.41, 5.74) is 1.78. The van der Waals surface area contributed by atoms with Crippen LogP contribution in [0.2, 0.25) is 0 Å². The van der Waals surface area contributed by atoms with E-state index in [-0.39, 0.29) is 11.7 Å². The molecule has 0 aliphatic carbocycles. The monoisotopic (exact) mass is 284 g/mol. The van der Waals surface area contributed by atoms with Crippen LogP contribution in [0.3, 0.4) is 0 Å².